The predicted octanol–water partition coefficient (Wildman–Crippen LogP) is -1.67. The van der Waals surface area contributed by atoms with Gasteiger partial charge in [0.15, 0.2) is 5.75 Å². The van der Waals surface area contributed by atoms with Gasteiger partial charge in [-0.2, -0.15) is 4.31 Å². The van der Waals surface area contributed by atoms with Crippen molar-refractivity contribution in [1.82, 2.24) is 9.62 Å². The van der Waals surface area contributed by atoms with E-state index in [1.165, 1.54) is 0 Å². The minimum Gasteiger partial charge on any atom is -0.468 e. The number of methoxy groups -OCH3 is 1. The number of nitrogens with zero attached hydrogens (tertiary/aromatic N) is 1. The monoisotopic (exact) mass is 294 g/mol. The molecule has 1 fully saturated rings. The predicted molar refractivity (Wildman–Crippen MR) is 65.8 cm³/mol. The number of sulfonamides is 1. The molecule has 0 bridgehead atoms. The molecule has 0 aromatic rings. The van der Waals surface area contributed by atoms with Crippen LogP contribution in [0, 0.1) is 0 Å². The number of esters is 2. The zero-order valence-corrected chi connectivity index (χ0v) is 11.7. The first-order valence-electron chi connectivity index (χ1n) is 5.86. The lowest BCUT2D eigenvalue weighted by Crippen LogP contribution is -2.58. The van der Waals surface area contributed by atoms with Crippen molar-refractivity contribution in [2.45, 2.75) is 13.0 Å². The van der Waals surface area contributed by atoms with Crippen LogP contribution in [0.1, 0.15) is 6.92 Å². The normalized spacial score (nSPS) is 20.8. The standard InChI is InChI=1S/C10H18N2O6S/c1-3-18-10(14)8-6-11-4-5-12(8)19(15,16)7-9(13)17-2/h8,11H,3-7H2,1-2H3. The molecule has 1 saturated heterocycles. The van der Waals surface area contributed by atoms with E-state index in [0.29, 0.717) is 6.54 Å². The summed E-state index contributed by atoms with van der Waals surface area (Å²) in [5.41, 5.74) is 0. The van der Waals surface area contributed by atoms with Gasteiger partial charge in [0.2, 0.25) is 10.0 Å². The Morgan fingerprint density at radius 3 is 2.68 bits per heavy atom. The summed E-state index contributed by atoms with van der Waals surface area (Å²) >= 11 is 0. The molecule has 0 aromatic carbocycles. The molecule has 19 heavy (non-hydrogen) atoms. The van der Waals surface area contributed by atoms with Crippen molar-refractivity contribution in [1.29, 1.82) is 0 Å². The highest BCUT2D eigenvalue weighted by Crippen LogP contribution is 2.12. The fourth-order valence-corrected chi connectivity index (χ4v) is 3.25. The first kappa shape index (κ1) is 15.9. The molecule has 0 spiro atoms. The molecule has 110 valence electrons. The molecule has 0 aliphatic carbocycles. The molecule has 9 heteroatoms. The SMILES string of the molecule is CCOC(=O)C1CNCCN1S(=O)(=O)CC(=O)OC. The quantitative estimate of drug-likeness (QED) is 0.605. The highest BCUT2D eigenvalue weighted by atomic mass is 32.2. The van der Waals surface area contributed by atoms with Crippen molar-refractivity contribution in [2.75, 3.05) is 39.1 Å². The van der Waals surface area contributed by atoms with Crippen LogP contribution in [-0.4, -0.2) is 69.8 Å². The summed E-state index contributed by atoms with van der Waals surface area (Å²) in [6, 6.07) is -0.941. The van der Waals surface area contributed by atoms with Crippen LogP contribution >= 0.6 is 0 Å². The van der Waals surface area contributed by atoms with Crippen molar-refractivity contribution in [2.24, 2.45) is 0 Å². The first-order chi connectivity index (χ1) is 8.92. The fourth-order valence-electron chi connectivity index (χ4n) is 1.75. The van der Waals surface area contributed by atoms with E-state index in [0.717, 1.165) is 11.4 Å². The maximum absolute atomic E-state index is 12.1. The Labute approximate surface area is 112 Å². The van der Waals surface area contributed by atoms with Crippen molar-refractivity contribution < 1.29 is 27.5 Å². The van der Waals surface area contributed by atoms with Crippen LogP contribution in [0.3, 0.4) is 0 Å². The lowest BCUT2D eigenvalue weighted by atomic mass is 10.2. The average Bonchev–Trinajstić information content (AvgIpc) is 2.38. The van der Waals surface area contributed by atoms with E-state index in [2.05, 4.69) is 10.1 Å². The number of piperazine rings is 1. The Hall–Kier alpha value is -1.19. The van der Waals surface area contributed by atoms with Gasteiger partial charge in [-0.15, -0.1) is 0 Å². The van der Waals surface area contributed by atoms with Gasteiger partial charge in [-0.1, -0.05) is 0 Å². The number of carbonyl (C=O) groups excluding carboxylic acids is 2. The second-order valence-electron chi connectivity index (χ2n) is 3.92. The van der Waals surface area contributed by atoms with Gasteiger partial charge in [-0.05, 0) is 6.92 Å². The zero-order valence-electron chi connectivity index (χ0n) is 10.9. The summed E-state index contributed by atoms with van der Waals surface area (Å²) in [5, 5.41) is 2.92. The number of carbonyl (C=O) groups is 2. The second kappa shape index (κ2) is 6.83. The molecular formula is C10H18N2O6S. The topological polar surface area (TPSA) is 102 Å². The van der Waals surface area contributed by atoms with Crippen LogP contribution in [0.4, 0.5) is 0 Å². The zero-order chi connectivity index (χ0) is 14.5. The maximum atomic E-state index is 12.1. The lowest BCUT2D eigenvalue weighted by molar-refractivity contribution is -0.148. The van der Waals surface area contributed by atoms with Crippen LogP contribution < -0.4 is 5.32 Å². The molecule has 0 amide bonds. The molecule has 0 radical (unpaired) electrons. The Morgan fingerprint density at radius 1 is 1.42 bits per heavy atom. The molecule has 1 aliphatic rings. The molecule has 1 aliphatic heterocycles. The van der Waals surface area contributed by atoms with Gasteiger partial charge in [-0.3, -0.25) is 9.59 Å². The Balaban J connectivity index is 2.87. The van der Waals surface area contributed by atoms with Crippen molar-refractivity contribution >= 4 is 22.0 Å². The Bertz CT molecular complexity index is 435. The van der Waals surface area contributed by atoms with Crippen molar-refractivity contribution in [3.8, 4) is 0 Å². The van der Waals surface area contributed by atoms with E-state index >= 15 is 0 Å². The third kappa shape index (κ3) is 4.15. The lowest BCUT2D eigenvalue weighted by Gasteiger charge is -2.33. The van der Waals surface area contributed by atoms with Gasteiger partial charge in [0.1, 0.15) is 6.04 Å². The van der Waals surface area contributed by atoms with Crippen LogP contribution in [0.25, 0.3) is 0 Å². The van der Waals surface area contributed by atoms with Crippen LogP contribution in [0.5, 0.6) is 0 Å². The summed E-state index contributed by atoms with van der Waals surface area (Å²) in [6.45, 7) is 2.50. The fraction of sp³-hybridized carbons (Fsp3) is 0.800. The van der Waals surface area contributed by atoms with Gasteiger partial charge in [0, 0.05) is 19.6 Å². The van der Waals surface area contributed by atoms with E-state index < -0.39 is 33.8 Å². The summed E-state index contributed by atoms with van der Waals surface area (Å²) in [7, 11) is -2.78. The molecule has 8 nitrogen and oxygen atoms in total. The largest absolute Gasteiger partial charge is 0.468 e. The minimum atomic E-state index is -3.89. The third-order valence-electron chi connectivity index (χ3n) is 2.64. The summed E-state index contributed by atoms with van der Waals surface area (Å²) in [6.07, 6.45) is 0. The van der Waals surface area contributed by atoms with E-state index in [-0.39, 0.29) is 19.7 Å². The number of hydrogen-bond donors (Lipinski definition) is 1. The van der Waals surface area contributed by atoms with Crippen molar-refractivity contribution in [3.05, 3.63) is 0 Å². The van der Waals surface area contributed by atoms with E-state index in [1.807, 2.05) is 0 Å². The molecule has 1 unspecified atom stereocenters. The van der Waals surface area contributed by atoms with Crippen LogP contribution in [0.15, 0.2) is 0 Å². The molecule has 1 atom stereocenters. The molecule has 1 N–H and O–H groups in total. The van der Waals surface area contributed by atoms with Gasteiger partial charge in [-0.25, -0.2) is 8.42 Å². The summed E-state index contributed by atoms with van der Waals surface area (Å²) in [4.78, 5) is 22.8. The Morgan fingerprint density at radius 2 is 2.11 bits per heavy atom. The van der Waals surface area contributed by atoms with Crippen LogP contribution in [-0.2, 0) is 29.1 Å². The van der Waals surface area contributed by atoms with Gasteiger partial charge in [0.05, 0.1) is 13.7 Å². The van der Waals surface area contributed by atoms with Crippen molar-refractivity contribution in [3.63, 3.8) is 0 Å². The second-order valence-corrected chi connectivity index (χ2v) is 5.84. The third-order valence-corrected chi connectivity index (χ3v) is 4.39. The molecule has 0 aromatic heterocycles. The highest BCUT2D eigenvalue weighted by Gasteiger charge is 2.38. The number of nitrogens with one attached hydrogen (secondary N) is 1. The number of hydrogen-bond acceptors (Lipinski definition) is 7. The minimum absolute atomic E-state index is 0.114. The Kier molecular flexibility index (Phi) is 5.70. The van der Waals surface area contributed by atoms with Gasteiger partial charge < -0.3 is 14.8 Å². The van der Waals surface area contributed by atoms with E-state index in [4.69, 9.17) is 4.74 Å². The molecular weight excluding hydrogens is 276 g/mol. The first-order valence-corrected chi connectivity index (χ1v) is 7.47. The summed E-state index contributed by atoms with van der Waals surface area (Å²) < 4.78 is 34.3. The van der Waals surface area contributed by atoms with Gasteiger partial charge >= 0.3 is 11.9 Å². The highest BCUT2D eigenvalue weighted by molar-refractivity contribution is 7.89. The molecule has 1 heterocycles. The number of rotatable bonds is 5. The molecule has 0 saturated carbocycles. The number of ether oxygens (including phenoxy) is 2. The van der Waals surface area contributed by atoms with Gasteiger partial charge in [0.25, 0.3) is 0 Å². The van der Waals surface area contributed by atoms with E-state index in [9.17, 15) is 18.0 Å². The maximum Gasteiger partial charge on any atom is 0.325 e. The smallest absolute Gasteiger partial charge is 0.325 e. The van der Waals surface area contributed by atoms with E-state index in [1.54, 1.807) is 6.92 Å². The summed E-state index contributed by atoms with van der Waals surface area (Å²) in [5.74, 6) is -2.26. The van der Waals surface area contributed by atoms with Crippen LogP contribution in [0.2, 0.25) is 0 Å². The molecule has 1 rings (SSSR count). The average molecular weight is 294 g/mol.